The molecule has 6 nitrogen and oxygen atoms in total. The van der Waals surface area contributed by atoms with Crippen molar-refractivity contribution in [3.8, 4) is 11.1 Å². The minimum absolute atomic E-state index is 0.0806. The van der Waals surface area contributed by atoms with Crippen LogP contribution in [0.4, 0.5) is 5.69 Å². The topological polar surface area (TPSA) is 87.7 Å². The third-order valence-corrected chi connectivity index (χ3v) is 6.32. The fraction of sp³-hybridized carbons (Fsp3) is 0.0833. The third kappa shape index (κ3) is 6.22. The van der Waals surface area contributed by atoms with E-state index in [2.05, 4.69) is 20.5 Å². The maximum Gasteiger partial charge on any atom is 0.273 e. The SMILES string of the molecule is O=C(CSc1nnc(Cc2ccc(Cl)c(Cl)c2)c(=O)[nH]1)Nc1ccc(-c2ccccc2)cc1. The van der Waals surface area contributed by atoms with Crippen LogP contribution in [-0.2, 0) is 11.2 Å². The van der Waals surface area contributed by atoms with Crippen molar-refractivity contribution < 1.29 is 4.79 Å². The van der Waals surface area contributed by atoms with Crippen LogP contribution in [0.2, 0.25) is 10.0 Å². The lowest BCUT2D eigenvalue weighted by Crippen LogP contribution is -2.19. The number of nitrogens with one attached hydrogen (secondary N) is 2. The van der Waals surface area contributed by atoms with Gasteiger partial charge in [-0.3, -0.25) is 14.6 Å². The largest absolute Gasteiger partial charge is 0.325 e. The minimum Gasteiger partial charge on any atom is -0.325 e. The van der Waals surface area contributed by atoms with E-state index in [1.54, 1.807) is 18.2 Å². The van der Waals surface area contributed by atoms with Gasteiger partial charge < -0.3 is 5.32 Å². The standard InChI is InChI=1S/C24H18Cl2N4O2S/c25-19-11-6-15(12-20(19)26)13-21-23(32)28-24(30-29-21)33-14-22(31)27-18-9-7-17(8-10-18)16-4-2-1-3-5-16/h1-12H,13-14H2,(H,27,31)(H,28,30,32). The van der Waals surface area contributed by atoms with Gasteiger partial charge in [0, 0.05) is 12.1 Å². The molecule has 4 aromatic rings. The number of aromatic nitrogens is 3. The van der Waals surface area contributed by atoms with E-state index in [4.69, 9.17) is 23.2 Å². The second-order valence-corrected chi connectivity index (χ2v) is 8.89. The number of amides is 1. The summed E-state index contributed by atoms with van der Waals surface area (Å²) in [5, 5.41) is 12.0. The molecule has 1 amide bonds. The highest BCUT2D eigenvalue weighted by Gasteiger charge is 2.10. The molecule has 0 unspecified atom stereocenters. The van der Waals surface area contributed by atoms with Crippen LogP contribution >= 0.6 is 35.0 Å². The Bertz CT molecular complexity index is 1330. The Balaban J connectivity index is 1.32. The molecule has 0 aliphatic rings. The molecule has 0 saturated heterocycles. The Labute approximate surface area is 204 Å². The maximum absolute atomic E-state index is 12.3. The predicted molar refractivity (Wildman–Crippen MR) is 133 cm³/mol. The van der Waals surface area contributed by atoms with Crippen molar-refractivity contribution in [3.63, 3.8) is 0 Å². The smallest absolute Gasteiger partial charge is 0.273 e. The van der Waals surface area contributed by atoms with Gasteiger partial charge in [0.05, 0.1) is 15.8 Å². The minimum atomic E-state index is -0.365. The van der Waals surface area contributed by atoms with Crippen molar-refractivity contribution in [2.24, 2.45) is 0 Å². The van der Waals surface area contributed by atoms with E-state index in [1.165, 1.54) is 0 Å². The molecule has 0 spiro atoms. The second-order valence-electron chi connectivity index (χ2n) is 7.11. The number of H-pyrrole nitrogens is 1. The van der Waals surface area contributed by atoms with Crippen LogP contribution in [-0.4, -0.2) is 26.8 Å². The summed E-state index contributed by atoms with van der Waals surface area (Å²) < 4.78 is 0. The van der Waals surface area contributed by atoms with Crippen molar-refractivity contribution in [3.05, 3.63) is 104 Å². The Kier molecular flexibility index (Phi) is 7.44. The zero-order chi connectivity index (χ0) is 23.2. The first-order chi connectivity index (χ1) is 16.0. The van der Waals surface area contributed by atoms with Gasteiger partial charge in [0.1, 0.15) is 5.69 Å². The van der Waals surface area contributed by atoms with Gasteiger partial charge in [0.25, 0.3) is 5.56 Å². The van der Waals surface area contributed by atoms with Crippen molar-refractivity contribution in [1.29, 1.82) is 0 Å². The molecule has 0 aliphatic carbocycles. The second kappa shape index (κ2) is 10.7. The van der Waals surface area contributed by atoms with Gasteiger partial charge in [0.15, 0.2) is 5.16 Å². The molecular weight excluding hydrogens is 479 g/mol. The fourth-order valence-electron chi connectivity index (χ4n) is 3.08. The Morgan fingerprint density at radius 2 is 1.64 bits per heavy atom. The van der Waals surface area contributed by atoms with Crippen molar-refractivity contribution in [1.82, 2.24) is 15.2 Å². The van der Waals surface area contributed by atoms with Crippen molar-refractivity contribution in [2.75, 3.05) is 11.1 Å². The number of benzene rings is 3. The van der Waals surface area contributed by atoms with Gasteiger partial charge in [-0.1, -0.05) is 83.5 Å². The summed E-state index contributed by atoms with van der Waals surface area (Å²) >= 11 is 13.0. The molecule has 3 aromatic carbocycles. The molecule has 1 heterocycles. The number of aromatic amines is 1. The molecule has 33 heavy (non-hydrogen) atoms. The van der Waals surface area contributed by atoms with Crippen molar-refractivity contribution in [2.45, 2.75) is 11.6 Å². The highest BCUT2D eigenvalue weighted by Crippen LogP contribution is 2.23. The first kappa shape index (κ1) is 23.0. The van der Waals surface area contributed by atoms with Crippen LogP contribution in [0.5, 0.6) is 0 Å². The Morgan fingerprint density at radius 3 is 2.33 bits per heavy atom. The lowest BCUT2D eigenvalue weighted by Gasteiger charge is -2.07. The van der Waals surface area contributed by atoms with Crippen LogP contribution < -0.4 is 10.9 Å². The number of carbonyl (C=O) groups is 1. The molecule has 4 rings (SSSR count). The van der Waals surface area contributed by atoms with Crippen LogP contribution in [0.15, 0.2) is 82.7 Å². The monoisotopic (exact) mass is 496 g/mol. The molecule has 0 radical (unpaired) electrons. The zero-order valence-corrected chi connectivity index (χ0v) is 19.5. The van der Waals surface area contributed by atoms with Crippen LogP contribution in [0.3, 0.4) is 0 Å². The molecule has 1 aromatic heterocycles. The highest BCUT2D eigenvalue weighted by molar-refractivity contribution is 7.99. The number of nitrogens with zero attached hydrogens (tertiary/aromatic N) is 2. The molecular formula is C24H18Cl2N4O2S. The van der Waals surface area contributed by atoms with Gasteiger partial charge in [-0.25, -0.2) is 0 Å². The summed E-state index contributed by atoms with van der Waals surface area (Å²) in [5.74, 6) is -0.132. The fourth-order valence-corrected chi connectivity index (χ4v) is 4.00. The van der Waals surface area contributed by atoms with Gasteiger partial charge in [-0.15, -0.1) is 10.2 Å². The summed E-state index contributed by atoms with van der Waals surface area (Å²) in [5.41, 5.74) is 3.54. The molecule has 0 fully saturated rings. The Hall–Kier alpha value is -3.13. The lowest BCUT2D eigenvalue weighted by atomic mass is 10.1. The highest BCUT2D eigenvalue weighted by atomic mass is 35.5. The first-order valence-corrected chi connectivity index (χ1v) is 11.7. The number of anilines is 1. The van der Waals surface area contributed by atoms with Crippen LogP contribution in [0.1, 0.15) is 11.3 Å². The van der Waals surface area contributed by atoms with E-state index in [0.717, 1.165) is 28.5 Å². The van der Waals surface area contributed by atoms with Crippen molar-refractivity contribution >= 4 is 46.6 Å². The van der Waals surface area contributed by atoms with E-state index in [-0.39, 0.29) is 34.5 Å². The number of halogens is 2. The molecule has 0 saturated carbocycles. The van der Waals surface area contributed by atoms with E-state index in [0.29, 0.717) is 15.7 Å². The van der Waals surface area contributed by atoms with Gasteiger partial charge in [0.2, 0.25) is 5.91 Å². The van der Waals surface area contributed by atoms with Crippen LogP contribution in [0, 0.1) is 0 Å². The number of thioether (sulfide) groups is 1. The van der Waals surface area contributed by atoms with Gasteiger partial charge in [-0.05, 0) is 41.0 Å². The lowest BCUT2D eigenvalue weighted by molar-refractivity contribution is -0.113. The molecule has 0 bridgehead atoms. The quantitative estimate of drug-likeness (QED) is 0.331. The normalized spacial score (nSPS) is 10.7. The van der Waals surface area contributed by atoms with Gasteiger partial charge >= 0.3 is 0 Å². The average molecular weight is 497 g/mol. The Morgan fingerprint density at radius 1 is 0.909 bits per heavy atom. The summed E-state index contributed by atoms with van der Waals surface area (Å²) in [6, 6.07) is 22.7. The molecule has 0 atom stereocenters. The average Bonchev–Trinajstić information content (AvgIpc) is 2.83. The van der Waals surface area contributed by atoms with Crippen LogP contribution in [0.25, 0.3) is 11.1 Å². The van der Waals surface area contributed by atoms with E-state index in [9.17, 15) is 9.59 Å². The third-order valence-electron chi connectivity index (χ3n) is 4.72. The molecule has 2 N–H and O–H groups in total. The van der Waals surface area contributed by atoms with Gasteiger partial charge in [-0.2, -0.15) is 0 Å². The molecule has 166 valence electrons. The number of carbonyl (C=O) groups excluding carboxylic acids is 1. The van der Waals surface area contributed by atoms with E-state index in [1.807, 2.05) is 54.6 Å². The summed E-state index contributed by atoms with van der Waals surface area (Å²) in [7, 11) is 0. The van der Waals surface area contributed by atoms with E-state index >= 15 is 0 Å². The molecule has 0 aliphatic heterocycles. The van der Waals surface area contributed by atoms with E-state index < -0.39 is 0 Å². The predicted octanol–water partition coefficient (Wildman–Crippen LogP) is 5.46. The molecule has 9 heteroatoms. The summed E-state index contributed by atoms with van der Waals surface area (Å²) in [4.78, 5) is 27.3. The maximum atomic E-state index is 12.3. The zero-order valence-electron chi connectivity index (χ0n) is 17.2. The summed E-state index contributed by atoms with van der Waals surface area (Å²) in [6.07, 6.45) is 0.267. The first-order valence-electron chi connectivity index (χ1n) is 9.96. The number of hydrogen-bond donors (Lipinski definition) is 2. The number of hydrogen-bond acceptors (Lipinski definition) is 5. The number of rotatable bonds is 7. The summed E-state index contributed by atoms with van der Waals surface area (Å²) in [6.45, 7) is 0.